The molecule has 1 aromatic carbocycles. The fourth-order valence-corrected chi connectivity index (χ4v) is 2.04. The third-order valence-electron chi connectivity index (χ3n) is 3.12. The molecular formula is C15H17FN4O. The first-order chi connectivity index (χ1) is 10.1. The maximum Gasteiger partial charge on any atom is 0.188 e. The first-order valence-electron chi connectivity index (χ1n) is 6.57. The van der Waals surface area contributed by atoms with Crippen LogP contribution in [0.4, 0.5) is 10.1 Å². The molecule has 6 heteroatoms. The molecule has 0 radical (unpaired) electrons. The predicted octanol–water partition coefficient (Wildman–Crippen LogP) is 2.34. The van der Waals surface area contributed by atoms with E-state index < -0.39 is 0 Å². The number of amidine groups is 1. The Bertz CT molecular complexity index is 645. The zero-order chi connectivity index (χ0) is 15.2. The number of anilines is 1. The van der Waals surface area contributed by atoms with Crippen LogP contribution >= 0.6 is 0 Å². The Balaban J connectivity index is 2.23. The quantitative estimate of drug-likeness (QED) is 0.383. The highest BCUT2D eigenvalue weighted by atomic mass is 19.1. The Morgan fingerprint density at radius 1 is 1.38 bits per heavy atom. The molecule has 2 aromatic rings. The molecule has 0 atom stereocenters. The lowest BCUT2D eigenvalue weighted by Gasteiger charge is -2.23. The van der Waals surface area contributed by atoms with E-state index in [4.69, 9.17) is 10.9 Å². The first kappa shape index (κ1) is 14.8. The summed E-state index contributed by atoms with van der Waals surface area (Å²) in [5.41, 5.74) is 7.69. The second-order valence-corrected chi connectivity index (χ2v) is 4.53. The van der Waals surface area contributed by atoms with Gasteiger partial charge < -0.3 is 15.8 Å². The van der Waals surface area contributed by atoms with Crippen molar-refractivity contribution in [3.8, 4) is 0 Å². The topological polar surface area (TPSA) is 74.7 Å². The number of hydrogen-bond acceptors (Lipinski definition) is 4. The minimum Gasteiger partial charge on any atom is -0.409 e. The number of hydrogen-bond donors (Lipinski definition) is 2. The monoisotopic (exact) mass is 288 g/mol. The largest absolute Gasteiger partial charge is 0.409 e. The van der Waals surface area contributed by atoms with Crippen molar-refractivity contribution in [2.75, 3.05) is 11.4 Å². The van der Waals surface area contributed by atoms with Crippen LogP contribution in [0, 0.1) is 5.82 Å². The number of nitrogens with two attached hydrogens (primary N) is 1. The van der Waals surface area contributed by atoms with E-state index >= 15 is 0 Å². The smallest absolute Gasteiger partial charge is 0.188 e. The summed E-state index contributed by atoms with van der Waals surface area (Å²) in [4.78, 5) is 6.06. The molecule has 5 nitrogen and oxygen atoms in total. The molecule has 0 unspecified atom stereocenters. The van der Waals surface area contributed by atoms with Gasteiger partial charge in [0.1, 0.15) is 11.5 Å². The Kier molecular flexibility index (Phi) is 4.71. The van der Waals surface area contributed by atoms with E-state index in [9.17, 15) is 4.39 Å². The predicted molar refractivity (Wildman–Crippen MR) is 79.9 cm³/mol. The zero-order valence-electron chi connectivity index (χ0n) is 11.7. The maximum atomic E-state index is 13.3. The molecule has 0 bridgehead atoms. The average molecular weight is 288 g/mol. The molecule has 0 saturated heterocycles. The van der Waals surface area contributed by atoms with Crippen LogP contribution in [0.1, 0.15) is 18.2 Å². The first-order valence-corrected chi connectivity index (χ1v) is 6.57. The van der Waals surface area contributed by atoms with Gasteiger partial charge in [-0.25, -0.2) is 4.39 Å². The van der Waals surface area contributed by atoms with Crippen molar-refractivity contribution < 1.29 is 9.60 Å². The number of halogens is 1. The lowest BCUT2D eigenvalue weighted by Crippen LogP contribution is -2.23. The average Bonchev–Trinajstić information content (AvgIpc) is 2.52. The fraction of sp³-hybridized carbons (Fsp3) is 0.200. The van der Waals surface area contributed by atoms with Gasteiger partial charge in [0, 0.05) is 25.0 Å². The minimum absolute atomic E-state index is 0.0364. The number of aromatic nitrogens is 1. The van der Waals surface area contributed by atoms with E-state index in [1.807, 2.05) is 24.0 Å². The molecule has 2 rings (SSSR count). The van der Waals surface area contributed by atoms with Crippen molar-refractivity contribution in [1.29, 1.82) is 0 Å². The van der Waals surface area contributed by atoms with Crippen molar-refractivity contribution >= 4 is 11.5 Å². The van der Waals surface area contributed by atoms with Gasteiger partial charge in [-0.15, -0.1) is 0 Å². The van der Waals surface area contributed by atoms with Crippen LogP contribution < -0.4 is 10.6 Å². The SMILES string of the molecule is CCN(Cc1ccnc(C(N)=NO)c1)c1cccc(F)c1. The number of rotatable bonds is 5. The summed E-state index contributed by atoms with van der Waals surface area (Å²) in [5, 5.41) is 11.6. The van der Waals surface area contributed by atoms with E-state index in [1.54, 1.807) is 18.3 Å². The van der Waals surface area contributed by atoms with Crippen LogP contribution in [-0.2, 0) is 6.54 Å². The molecule has 21 heavy (non-hydrogen) atoms. The third-order valence-corrected chi connectivity index (χ3v) is 3.12. The summed E-state index contributed by atoms with van der Waals surface area (Å²) in [6, 6.07) is 10.0. The molecular weight excluding hydrogens is 271 g/mol. The molecule has 110 valence electrons. The van der Waals surface area contributed by atoms with Crippen molar-refractivity contribution in [2.24, 2.45) is 10.9 Å². The Labute approximate surface area is 122 Å². The molecule has 0 saturated carbocycles. The van der Waals surface area contributed by atoms with Crippen LogP contribution in [0.3, 0.4) is 0 Å². The molecule has 0 fully saturated rings. The van der Waals surface area contributed by atoms with Gasteiger partial charge in [0.2, 0.25) is 0 Å². The molecule has 1 heterocycles. The van der Waals surface area contributed by atoms with E-state index in [1.165, 1.54) is 12.1 Å². The Hall–Kier alpha value is -2.63. The molecule has 0 amide bonds. The molecule has 0 spiro atoms. The molecule has 0 aliphatic rings. The van der Waals surface area contributed by atoms with Crippen LogP contribution in [0.15, 0.2) is 47.8 Å². The third kappa shape index (κ3) is 3.68. The summed E-state index contributed by atoms with van der Waals surface area (Å²) in [5.74, 6) is -0.302. The van der Waals surface area contributed by atoms with Crippen LogP contribution in [-0.4, -0.2) is 22.6 Å². The van der Waals surface area contributed by atoms with Gasteiger partial charge in [0.05, 0.1) is 0 Å². The van der Waals surface area contributed by atoms with Crippen molar-refractivity contribution in [2.45, 2.75) is 13.5 Å². The number of oxime groups is 1. The zero-order valence-corrected chi connectivity index (χ0v) is 11.7. The molecule has 0 aliphatic carbocycles. The molecule has 3 N–H and O–H groups in total. The van der Waals surface area contributed by atoms with Crippen LogP contribution in [0.5, 0.6) is 0 Å². The second-order valence-electron chi connectivity index (χ2n) is 4.53. The summed E-state index contributed by atoms with van der Waals surface area (Å²) in [6.07, 6.45) is 1.60. The second kappa shape index (κ2) is 6.69. The van der Waals surface area contributed by atoms with Gasteiger partial charge in [-0.3, -0.25) is 4.98 Å². The Morgan fingerprint density at radius 2 is 2.19 bits per heavy atom. The van der Waals surface area contributed by atoms with E-state index in [0.29, 0.717) is 12.2 Å². The van der Waals surface area contributed by atoms with Gasteiger partial charge in [-0.2, -0.15) is 0 Å². The molecule has 1 aromatic heterocycles. The van der Waals surface area contributed by atoms with Crippen molar-refractivity contribution in [1.82, 2.24) is 4.98 Å². The highest BCUT2D eigenvalue weighted by Crippen LogP contribution is 2.18. The van der Waals surface area contributed by atoms with Crippen LogP contribution in [0.2, 0.25) is 0 Å². The molecule has 0 aliphatic heterocycles. The summed E-state index contributed by atoms with van der Waals surface area (Å²) >= 11 is 0. The van der Waals surface area contributed by atoms with Gasteiger partial charge in [-0.1, -0.05) is 11.2 Å². The van der Waals surface area contributed by atoms with Crippen molar-refractivity contribution in [3.05, 3.63) is 59.7 Å². The van der Waals surface area contributed by atoms with Crippen LogP contribution in [0.25, 0.3) is 0 Å². The van der Waals surface area contributed by atoms with Gasteiger partial charge in [0.15, 0.2) is 5.84 Å². The lowest BCUT2D eigenvalue weighted by atomic mass is 10.2. The summed E-state index contributed by atoms with van der Waals surface area (Å²) in [7, 11) is 0. The van der Waals surface area contributed by atoms with Gasteiger partial charge in [0.25, 0.3) is 0 Å². The van der Waals surface area contributed by atoms with Gasteiger partial charge >= 0.3 is 0 Å². The highest BCUT2D eigenvalue weighted by Gasteiger charge is 2.08. The van der Waals surface area contributed by atoms with E-state index in [0.717, 1.165) is 17.8 Å². The van der Waals surface area contributed by atoms with E-state index in [2.05, 4.69) is 10.1 Å². The summed E-state index contributed by atoms with van der Waals surface area (Å²) in [6.45, 7) is 3.30. The lowest BCUT2D eigenvalue weighted by molar-refractivity contribution is 0.318. The maximum absolute atomic E-state index is 13.3. The normalized spacial score (nSPS) is 11.4. The fourth-order valence-electron chi connectivity index (χ4n) is 2.04. The van der Waals surface area contributed by atoms with E-state index in [-0.39, 0.29) is 11.7 Å². The minimum atomic E-state index is -0.266. The Morgan fingerprint density at radius 3 is 2.86 bits per heavy atom. The van der Waals surface area contributed by atoms with Gasteiger partial charge in [-0.05, 0) is 42.8 Å². The number of nitrogens with zero attached hydrogens (tertiary/aromatic N) is 3. The van der Waals surface area contributed by atoms with Crippen molar-refractivity contribution in [3.63, 3.8) is 0 Å². The highest BCUT2D eigenvalue weighted by molar-refractivity contribution is 5.95. The number of benzene rings is 1. The number of pyridine rings is 1. The standard InChI is InChI=1S/C15H17FN4O/c1-2-20(13-5-3-4-12(16)9-13)10-11-6-7-18-14(8-11)15(17)19-21/h3-9,21H,2,10H2,1H3,(H2,17,19). The summed E-state index contributed by atoms with van der Waals surface area (Å²) < 4.78 is 13.3.